The van der Waals surface area contributed by atoms with Gasteiger partial charge >= 0.3 is 0 Å². The zero-order chi connectivity index (χ0) is 11.0. The Morgan fingerprint density at radius 1 is 1.21 bits per heavy atom. The van der Waals surface area contributed by atoms with Gasteiger partial charge in [-0.3, -0.25) is 0 Å². The standard InChI is InChI=1S/C11H23ClO2/c1-4-5-6-7-8-9(2)14-11(12)10(3)13/h9-11,13H,4-8H2,1-3H3. The predicted octanol–water partition coefficient (Wildman–Crippen LogP) is 3.31. The van der Waals surface area contributed by atoms with Crippen LogP contribution >= 0.6 is 11.6 Å². The fourth-order valence-corrected chi connectivity index (χ4v) is 1.44. The minimum Gasteiger partial charge on any atom is -0.389 e. The van der Waals surface area contributed by atoms with Gasteiger partial charge in [-0.15, -0.1) is 0 Å². The Morgan fingerprint density at radius 3 is 2.36 bits per heavy atom. The zero-order valence-electron chi connectivity index (χ0n) is 9.50. The van der Waals surface area contributed by atoms with Gasteiger partial charge in [0.05, 0.1) is 12.2 Å². The van der Waals surface area contributed by atoms with E-state index in [4.69, 9.17) is 21.4 Å². The number of unbranched alkanes of at least 4 members (excludes halogenated alkanes) is 3. The second-order valence-electron chi connectivity index (χ2n) is 3.89. The van der Waals surface area contributed by atoms with Crippen molar-refractivity contribution in [2.75, 3.05) is 0 Å². The normalized spacial score (nSPS) is 17.8. The molecule has 0 radical (unpaired) electrons. The third kappa shape index (κ3) is 7.60. The van der Waals surface area contributed by atoms with E-state index in [1.165, 1.54) is 25.7 Å². The Hall–Kier alpha value is 0.210. The van der Waals surface area contributed by atoms with Crippen LogP contribution in [0.15, 0.2) is 0 Å². The van der Waals surface area contributed by atoms with Crippen molar-refractivity contribution in [2.45, 2.75) is 70.6 Å². The number of aliphatic hydroxyl groups excluding tert-OH is 1. The Balaban J connectivity index is 3.40. The summed E-state index contributed by atoms with van der Waals surface area (Å²) in [4.78, 5) is 0. The van der Waals surface area contributed by atoms with Crippen molar-refractivity contribution in [1.29, 1.82) is 0 Å². The van der Waals surface area contributed by atoms with Crippen molar-refractivity contribution in [3.63, 3.8) is 0 Å². The highest BCUT2D eigenvalue weighted by molar-refractivity contribution is 6.20. The van der Waals surface area contributed by atoms with E-state index in [9.17, 15) is 0 Å². The number of hydrogen-bond acceptors (Lipinski definition) is 2. The van der Waals surface area contributed by atoms with Gasteiger partial charge in [-0.25, -0.2) is 0 Å². The summed E-state index contributed by atoms with van der Waals surface area (Å²) >= 11 is 5.78. The van der Waals surface area contributed by atoms with Gasteiger partial charge in [-0.05, 0) is 20.3 Å². The summed E-state index contributed by atoms with van der Waals surface area (Å²) in [5.74, 6) is 0. The van der Waals surface area contributed by atoms with Crippen LogP contribution in [-0.4, -0.2) is 22.9 Å². The summed E-state index contributed by atoms with van der Waals surface area (Å²) in [6.45, 7) is 5.84. The third-order valence-electron chi connectivity index (χ3n) is 2.21. The molecule has 0 spiro atoms. The van der Waals surface area contributed by atoms with Gasteiger partial charge in [-0.1, -0.05) is 44.2 Å². The molecule has 0 heterocycles. The molecule has 0 aliphatic heterocycles. The Morgan fingerprint density at radius 2 is 1.86 bits per heavy atom. The van der Waals surface area contributed by atoms with Crippen molar-refractivity contribution in [3.05, 3.63) is 0 Å². The number of ether oxygens (including phenoxy) is 1. The highest BCUT2D eigenvalue weighted by Gasteiger charge is 2.14. The first-order valence-corrected chi connectivity index (χ1v) is 5.99. The van der Waals surface area contributed by atoms with Crippen LogP contribution in [0, 0.1) is 0 Å². The first-order valence-electron chi connectivity index (χ1n) is 5.55. The number of aliphatic hydroxyl groups is 1. The Bertz CT molecular complexity index is 128. The van der Waals surface area contributed by atoms with Crippen LogP contribution in [0.2, 0.25) is 0 Å². The second-order valence-corrected chi connectivity index (χ2v) is 4.32. The predicted molar refractivity (Wildman–Crippen MR) is 60.6 cm³/mol. The average molecular weight is 223 g/mol. The van der Waals surface area contributed by atoms with Crippen molar-refractivity contribution in [2.24, 2.45) is 0 Å². The molecule has 0 fully saturated rings. The lowest BCUT2D eigenvalue weighted by atomic mass is 10.1. The summed E-state index contributed by atoms with van der Waals surface area (Å²) in [5, 5.41) is 9.12. The lowest BCUT2D eigenvalue weighted by Gasteiger charge is -2.19. The van der Waals surface area contributed by atoms with E-state index in [1.807, 2.05) is 6.92 Å². The topological polar surface area (TPSA) is 29.5 Å². The van der Waals surface area contributed by atoms with Gasteiger partial charge in [0.15, 0.2) is 5.56 Å². The molecule has 3 atom stereocenters. The maximum atomic E-state index is 9.12. The third-order valence-corrected chi connectivity index (χ3v) is 2.67. The largest absolute Gasteiger partial charge is 0.389 e. The van der Waals surface area contributed by atoms with E-state index in [0.29, 0.717) is 0 Å². The van der Waals surface area contributed by atoms with Crippen molar-refractivity contribution >= 4 is 11.6 Å². The lowest BCUT2D eigenvalue weighted by molar-refractivity contribution is -0.0240. The van der Waals surface area contributed by atoms with E-state index in [0.717, 1.165) is 6.42 Å². The molecule has 0 bridgehead atoms. The molecule has 0 rings (SSSR count). The van der Waals surface area contributed by atoms with Crippen LogP contribution in [0.25, 0.3) is 0 Å². The fourth-order valence-electron chi connectivity index (χ4n) is 1.26. The van der Waals surface area contributed by atoms with Crippen LogP contribution in [0.5, 0.6) is 0 Å². The molecule has 0 saturated heterocycles. The second kappa shape index (κ2) is 8.51. The van der Waals surface area contributed by atoms with Crippen LogP contribution in [0.1, 0.15) is 52.9 Å². The van der Waals surface area contributed by atoms with Gasteiger partial charge in [0.1, 0.15) is 0 Å². The van der Waals surface area contributed by atoms with Gasteiger partial charge in [0, 0.05) is 0 Å². The summed E-state index contributed by atoms with van der Waals surface area (Å²) in [6.07, 6.45) is 5.54. The van der Waals surface area contributed by atoms with E-state index < -0.39 is 11.7 Å². The van der Waals surface area contributed by atoms with Crippen LogP contribution < -0.4 is 0 Å². The van der Waals surface area contributed by atoms with E-state index in [2.05, 4.69) is 6.92 Å². The van der Waals surface area contributed by atoms with Gasteiger partial charge in [0.25, 0.3) is 0 Å². The molecule has 0 aliphatic carbocycles. The van der Waals surface area contributed by atoms with E-state index >= 15 is 0 Å². The van der Waals surface area contributed by atoms with Crippen LogP contribution in [0.3, 0.4) is 0 Å². The number of halogens is 1. The van der Waals surface area contributed by atoms with Gasteiger partial charge < -0.3 is 9.84 Å². The molecule has 0 aliphatic rings. The molecule has 0 aromatic carbocycles. The number of rotatable bonds is 8. The Labute approximate surface area is 92.6 Å². The molecule has 0 saturated carbocycles. The molecule has 3 unspecified atom stereocenters. The zero-order valence-corrected chi connectivity index (χ0v) is 10.3. The molecular formula is C11H23ClO2. The minimum absolute atomic E-state index is 0.143. The van der Waals surface area contributed by atoms with E-state index in [1.54, 1.807) is 6.92 Å². The molecular weight excluding hydrogens is 200 g/mol. The smallest absolute Gasteiger partial charge is 0.156 e. The van der Waals surface area contributed by atoms with E-state index in [-0.39, 0.29) is 6.10 Å². The number of hydrogen-bond donors (Lipinski definition) is 1. The first-order chi connectivity index (χ1) is 6.57. The average Bonchev–Trinajstić information content (AvgIpc) is 2.12. The minimum atomic E-state index is -0.602. The molecule has 14 heavy (non-hydrogen) atoms. The van der Waals surface area contributed by atoms with Crippen molar-refractivity contribution in [1.82, 2.24) is 0 Å². The maximum absolute atomic E-state index is 9.12. The molecule has 0 aromatic rings. The summed E-state index contributed by atoms with van der Waals surface area (Å²) in [6, 6.07) is 0. The summed E-state index contributed by atoms with van der Waals surface area (Å²) < 4.78 is 5.41. The molecule has 86 valence electrons. The van der Waals surface area contributed by atoms with Gasteiger partial charge in [0.2, 0.25) is 0 Å². The first kappa shape index (κ1) is 14.2. The highest BCUT2D eigenvalue weighted by atomic mass is 35.5. The Kier molecular flexibility index (Phi) is 8.64. The molecule has 2 nitrogen and oxygen atoms in total. The SMILES string of the molecule is CCCCCCC(C)OC(Cl)C(C)O. The molecule has 3 heteroatoms. The maximum Gasteiger partial charge on any atom is 0.156 e. The van der Waals surface area contributed by atoms with Crippen LogP contribution in [0.4, 0.5) is 0 Å². The molecule has 1 N–H and O–H groups in total. The number of alkyl halides is 1. The van der Waals surface area contributed by atoms with Crippen molar-refractivity contribution in [3.8, 4) is 0 Å². The van der Waals surface area contributed by atoms with Crippen molar-refractivity contribution < 1.29 is 9.84 Å². The summed E-state index contributed by atoms with van der Waals surface area (Å²) in [5.41, 5.74) is -0.573. The molecule has 0 amide bonds. The lowest BCUT2D eigenvalue weighted by Crippen LogP contribution is -2.24. The highest BCUT2D eigenvalue weighted by Crippen LogP contribution is 2.13. The van der Waals surface area contributed by atoms with Crippen LogP contribution in [-0.2, 0) is 4.74 Å². The van der Waals surface area contributed by atoms with Gasteiger partial charge in [-0.2, -0.15) is 0 Å². The fraction of sp³-hybridized carbons (Fsp3) is 1.00. The molecule has 0 aromatic heterocycles. The summed E-state index contributed by atoms with van der Waals surface area (Å²) in [7, 11) is 0. The quantitative estimate of drug-likeness (QED) is 0.505. The monoisotopic (exact) mass is 222 g/mol.